The molecule has 29 heavy (non-hydrogen) atoms. The van der Waals surface area contributed by atoms with Gasteiger partial charge in [0.05, 0.1) is 0 Å². The van der Waals surface area contributed by atoms with Gasteiger partial charge in [-0.3, -0.25) is 28.1 Å². The number of nitrogens with zero attached hydrogens (tertiary/aromatic N) is 6. The van der Waals surface area contributed by atoms with E-state index in [0.717, 1.165) is 0 Å². The van der Waals surface area contributed by atoms with Crippen LogP contribution in [0.3, 0.4) is 0 Å². The van der Waals surface area contributed by atoms with Gasteiger partial charge in [-0.25, -0.2) is 0 Å². The topological polar surface area (TPSA) is 105 Å². The SMILES string of the molecule is C.C.O=c1ccn(-c2nc(-n3ccc(=O)cc3)nc(-n3ccc(=O)cc3)n2)cc1. The van der Waals surface area contributed by atoms with E-state index in [2.05, 4.69) is 15.0 Å². The molecule has 0 N–H and O–H groups in total. The molecule has 0 saturated heterocycles. The molecule has 0 aliphatic heterocycles. The van der Waals surface area contributed by atoms with E-state index in [4.69, 9.17) is 0 Å². The fourth-order valence-corrected chi connectivity index (χ4v) is 2.33. The van der Waals surface area contributed by atoms with Gasteiger partial charge in [0.15, 0.2) is 16.3 Å². The van der Waals surface area contributed by atoms with Crippen LogP contribution < -0.4 is 16.3 Å². The van der Waals surface area contributed by atoms with Gasteiger partial charge in [0.1, 0.15) is 0 Å². The van der Waals surface area contributed by atoms with E-state index in [0.29, 0.717) is 0 Å². The Labute approximate surface area is 166 Å². The van der Waals surface area contributed by atoms with Crippen LogP contribution >= 0.6 is 0 Å². The third-order valence-corrected chi connectivity index (χ3v) is 3.69. The second kappa shape index (κ2) is 8.70. The summed E-state index contributed by atoms with van der Waals surface area (Å²) in [5.74, 6) is 0.812. The molecule has 4 heterocycles. The number of pyridine rings is 3. The molecule has 4 rings (SSSR count). The molecule has 0 unspecified atom stereocenters. The zero-order valence-electron chi connectivity index (χ0n) is 13.8. The van der Waals surface area contributed by atoms with Crippen LogP contribution in [-0.2, 0) is 0 Å². The van der Waals surface area contributed by atoms with Gasteiger partial charge in [-0.05, 0) is 0 Å². The quantitative estimate of drug-likeness (QED) is 0.524. The van der Waals surface area contributed by atoms with Crippen LogP contribution in [0.25, 0.3) is 17.8 Å². The lowest BCUT2D eigenvalue weighted by Gasteiger charge is -2.11. The minimum absolute atomic E-state index is 0. The van der Waals surface area contributed by atoms with Gasteiger partial charge in [-0.1, -0.05) is 14.9 Å². The maximum absolute atomic E-state index is 11.4. The second-order valence-electron chi connectivity index (χ2n) is 5.56. The van der Waals surface area contributed by atoms with Crippen molar-refractivity contribution < 1.29 is 0 Å². The van der Waals surface area contributed by atoms with Gasteiger partial charge in [0.2, 0.25) is 17.8 Å². The molecule has 9 nitrogen and oxygen atoms in total. The van der Waals surface area contributed by atoms with Crippen molar-refractivity contribution in [2.45, 2.75) is 14.9 Å². The van der Waals surface area contributed by atoms with Crippen molar-refractivity contribution in [3.8, 4) is 17.8 Å². The van der Waals surface area contributed by atoms with E-state index >= 15 is 0 Å². The number of hydrogen-bond donors (Lipinski definition) is 0. The van der Waals surface area contributed by atoms with Crippen LogP contribution in [0.2, 0.25) is 0 Å². The summed E-state index contributed by atoms with van der Waals surface area (Å²) in [5.41, 5.74) is -0.412. The Morgan fingerprint density at radius 1 is 0.448 bits per heavy atom. The van der Waals surface area contributed by atoms with Crippen LogP contribution in [0, 0.1) is 0 Å². The van der Waals surface area contributed by atoms with E-state index in [-0.39, 0.29) is 49.0 Å². The Balaban J connectivity index is 0.00000150. The molecule has 0 aliphatic rings. The molecular formula is C20H20N6O3. The normalized spacial score (nSPS) is 9.93. The third kappa shape index (κ3) is 4.59. The maximum atomic E-state index is 11.4. The fourth-order valence-electron chi connectivity index (χ4n) is 2.33. The molecule has 4 aromatic heterocycles. The Kier molecular flexibility index (Phi) is 6.35. The highest BCUT2D eigenvalue weighted by Gasteiger charge is 2.10. The fraction of sp³-hybridized carbons (Fsp3) is 0.100. The predicted octanol–water partition coefficient (Wildman–Crippen LogP) is 1.60. The Morgan fingerprint density at radius 2 is 0.655 bits per heavy atom. The van der Waals surface area contributed by atoms with Crippen LogP contribution in [0.1, 0.15) is 14.9 Å². The first-order valence-electron chi connectivity index (χ1n) is 7.91. The van der Waals surface area contributed by atoms with Crippen LogP contribution in [0.4, 0.5) is 0 Å². The van der Waals surface area contributed by atoms with Crippen molar-refractivity contribution in [2.24, 2.45) is 0 Å². The smallest absolute Gasteiger partial charge is 0.240 e. The zero-order chi connectivity index (χ0) is 18.8. The third-order valence-electron chi connectivity index (χ3n) is 3.69. The largest absolute Gasteiger partial charge is 0.292 e. The Hall–Kier alpha value is -4.14. The molecule has 0 amide bonds. The van der Waals surface area contributed by atoms with Gasteiger partial charge in [-0.2, -0.15) is 15.0 Å². The maximum Gasteiger partial charge on any atom is 0.240 e. The molecule has 0 spiro atoms. The van der Waals surface area contributed by atoms with Gasteiger partial charge in [0.25, 0.3) is 0 Å². The van der Waals surface area contributed by atoms with Crippen molar-refractivity contribution in [2.75, 3.05) is 0 Å². The monoisotopic (exact) mass is 392 g/mol. The van der Waals surface area contributed by atoms with Crippen molar-refractivity contribution >= 4 is 0 Å². The highest BCUT2D eigenvalue weighted by molar-refractivity contribution is 5.27. The summed E-state index contributed by atoms with van der Waals surface area (Å²) >= 11 is 0. The number of rotatable bonds is 3. The molecule has 9 heteroatoms. The molecule has 4 aromatic rings. The minimum Gasteiger partial charge on any atom is -0.292 e. The van der Waals surface area contributed by atoms with E-state index in [1.165, 1.54) is 36.4 Å². The molecular weight excluding hydrogens is 372 g/mol. The summed E-state index contributed by atoms with van der Waals surface area (Å²) in [6, 6.07) is 8.34. The highest BCUT2D eigenvalue weighted by atomic mass is 16.1. The average Bonchev–Trinajstić information content (AvgIpc) is 2.69. The summed E-state index contributed by atoms with van der Waals surface area (Å²) in [6.45, 7) is 0. The van der Waals surface area contributed by atoms with Gasteiger partial charge in [-0.15, -0.1) is 0 Å². The minimum atomic E-state index is -0.137. The Morgan fingerprint density at radius 3 is 0.862 bits per heavy atom. The average molecular weight is 392 g/mol. The number of aromatic nitrogens is 6. The lowest BCUT2D eigenvalue weighted by Crippen LogP contribution is -2.15. The molecule has 0 aromatic carbocycles. The summed E-state index contributed by atoms with van der Waals surface area (Å²) < 4.78 is 4.71. The molecule has 148 valence electrons. The molecule has 0 fully saturated rings. The summed E-state index contributed by atoms with van der Waals surface area (Å²) in [5, 5.41) is 0. The molecule has 0 saturated carbocycles. The number of hydrogen-bond acceptors (Lipinski definition) is 6. The van der Waals surface area contributed by atoms with E-state index in [9.17, 15) is 14.4 Å². The van der Waals surface area contributed by atoms with Crippen LogP contribution in [0.5, 0.6) is 0 Å². The van der Waals surface area contributed by atoms with Gasteiger partial charge in [0, 0.05) is 73.6 Å². The molecule has 0 radical (unpaired) electrons. The van der Waals surface area contributed by atoms with Crippen molar-refractivity contribution in [3.63, 3.8) is 0 Å². The first-order chi connectivity index (χ1) is 13.1. The highest BCUT2D eigenvalue weighted by Crippen LogP contribution is 2.08. The van der Waals surface area contributed by atoms with E-state index < -0.39 is 0 Å². The first kappa shape index (κ1) is 21.2. The summed E-state index contributed by atoms with van der Waals surface area (Å²) in [7, 11) is 0. The van der Waals surface area contributed by atoms with Crippen molar-refractivity contribution in [1.29, 1.82) is 0 Å². The lowest BCUT2D eigenvalue weighted by molar-refractivity contribution is 0.790. The van der Waals surface area contributed by atoms with Crippen LogP contribution in [-0.4, -0.2) is 28.7 Å². The van der Waals surface area contributed by atoms with Gasteiger partial charge < -0.3 is 0 Å². The predicted molar refractivity (Wildman–Crippen MR) is 110 cm³/mol. The molecule has 0 bridgehead atoms. The van der Waals surface area contributed by atoms with E-state index in [1.807, 2.05) is 0 Å². The summed E-state index contributed by atoms with van der Waals surface area (Å²) in [4.78, 5) is 47.3. The second-order valence-corrected chi connectivity index (χ2v) is 5.56. The molecule has 0 atom stereocenters. The zero-order valence-corrected chi connectivity index (χ0v) is 13.8. The summed E-state index contributed by atoms with van der Waals surface area (Å²) in [6.07, 6.45) is 9.26. The Bertz CT molecular complexity index is 1070. The van der Waals surface area contributed by atoms with Gasteiger partial charge >= 0.3 is 0 Å². The first-order valence-corrected chi connectivity index (χ1v) is 7.91. The lowest BCUT2D eigenvalue weighted by atomic mass is 10.4. The standard InChI is InChI=1S/C18H12N6O3.2CH4/c25-13-1-7-22(8-2-13)16-19-17(23-9-3-14(26)4-10-23)21-18(20-16)24-11-5-15(27)6-12-24;;/h1-12H;2*1H4. The van der Waals surface area contributed by atoms with Crippen LogP contribution in [0.15, 0.2) is 88.0 Å². The van der Waals surface area contributed by atoms with Crippen molar-refractivity contribution in [1.82, 2.24) is 28.7 Å². The molecule has 0 aliphatic carbocycles. The van der Waals surface area contributed by atoms with E-state index in [1.54, 1.807) is 50.9 Å². The van der Waals surface area contributed by atoms with Crippen molar-refractivity contribution in [3.05, 3.63) is 104 Å².